The highest BCUT2D eigenvalue weighted by Crippen LogP contribution is 2.42. The third kappa shape index (κ3) is 2.55. The molecule has 0 saturated heterocycles. The van der Waals surface area contributed by atoms with Gasteiger partial charge in [-0.2, -0.15) is 12.6 Å². The monoisotopic (exact) mass is 305 g/mol. The Labute approximate surface area is 135 Å². The fourth-order valence-corrected chi connectivity index (χ4v) is 3.07. The molecule has 0 aromatic heterocycles. The van der Waals surface area contributed by atoms with Gasteiger partial charge in [0.2, 0.25) is 0 Å². The molecule has 2 nitrogen and oxygen atoms in total. The zero-order chi connectivity index (χ0) is 15.4. The quantitative estimate of drug-likeness (QED) is 0.395. The molecular formula is C19H15NOS. The number of thiol groups is 1. The van der Waals surface area contributed by atoms with Gasteiger partial charge in [-0.15, -0.1) is 4.91 Å². The lowest BCUT2D eigenvalue weighted by atomic mass is 9.84. The molecule has 3 aromatic carbocycles. The van der Waals surface area contributed by atoms with E-state index in [4.69, 9.17) is 12.6 Å². The van der Waals surface area contributed by atoms with Gasteiger partial charge >= 0.3 is 0 Å². The average molecular weight is 305 g/mol. The second-order valence-corrected chi connectivity index (χ2v) is 5.75. The van der Waals surface area contributed by atoms with E-state index in [9.17, 15) is 4.91 Å². The molecule has 0 heterocycles. The molecular weight excluding hydrogens is 290 g/mol. The lowest BCUT2D eigenvalue weighted by Gasteiger charge is -2.30. The number of hydrogen-bond acceptors (Lipinski definition) is 3. The average Bonchev–Trinajstić information content (AvgIpc) is 2.62. The minimum Gasteiger partial charge on any atom is -0.158 e. The van der Waals surface area contributed by atoms with E-state index in [0.717, 1.165) is 16.7 Å². The molecule has 0 bridgehead atoms. The molecule has 0 spiro atoms. The van der Waals surface area contributed by atoms with Crippen LogP contribution in [-0.4, -0.2) is 0 Å². The van der Waals surface area contributed by atoms with Crippen LogP contribution in [0.5, 0.6) is 0 Å². The molecule has 3 rings (SSSR count). The molecule has 0 amide bonds. The summed E-state index contributed by atoms with van der Waals surface area (Å²) < 4.78 is -0.579. The summed E-state index contributed by atoms with van der Waals surface area (Å²) in [6.45, 7) is 0. The van der Waals surface area contributed by atoms with Gasteiger partial charge in [0.15, 0.2) is 0 Å². The van der Waals surface area contributed by atoms with Crippen molar-refractivity contribution in [3.8, 4) is 0 Å². The fourth-order valence-electron chi connectivity index (χ4n) is 2.62. The smallest absolute Gasteiger partial charge is 0.108 e. The van der Waals surface area contributed by atoms with Gasteiger partial charge < -0.3 is 0 Å². The summed E-state index contributed by atoms with van der Waals surface area (Å²) in [5.41, 5.74) is 3.58. The first-order chi connectivity index (χ1) is 10.7. The molecule has 3 heteroatoms. The molecule has 108 valence electrons. The molecule has 0 aliphatic heterocycles. The van der Waals surface area contributed by atoms with Gasteiger partial charge in [-0.05, 0) is 34.0 Å². The van der Waals surface area contributed by atoms with Crippen molar-refractivity contribution in [3.63, 3.8) is 0 Å². The van der Waals surface area contributed by atoms with E-state index in [2.05, 4.69) is 29.4 Å². The summed E-state index contributed by atoms with van der Waals surface area (Å²) in [6, 6.07) is 27.5. The zero-order valence-electron chi connectivity index (χ0n) is 11.9. The first-order valence-corrected chi connectivity index (χ1v) is 7.47. The van der Waals surface area contributed by atoms with E-state index in [1.54, 1.807) is 12.1 Å². The standard InChI is InChI=1S/C19H15NOS/c21-20-18-13-11-17(12-14-18)19(22,15-7-3-1-4-8-15)16-9-5-2-6-10-16/h1-14,22H. The van der Waals surface area contributed by atoms with Crippen molar-refractivity contribution < 1.29 is 0 Å². The second-order valence-electron chi connectivity index (χ2n) is 5.08. The van der Waals surface area contributed by atoms with Crippen LogP contribution in [0.3, 0.4) is 0 Å². The van der Waals surface area contributed by atoms with Crippen molar-refractivity contribution in [2.45, 2.75) is 4.75 Å². The van der Waals surface area contributed by atoms with Crippen molar-refractivity contribution in [1.29, 1.82) is 0 Å². The normalized spacial score (nSPS) is 11.1. The lowest BCUT2D eigenvalue weighted by molar-refractivity contribution is 0.905. The topological polar surface area (TPSA) is 29.4 Å². The second kappa shape index (κ2) is 6.16. The summed E-state index contributed by atoms with van der Waals surface area (Å²) in [5.74, 6) is 0. The maximum atomic E-state index is 10.6. The van der Waals surface area contributed by atoms with Crippen LogP contribution in [0.2, 0.25) is 0 Å². The number of hydrogen-bond donors (Lipinski definition) is 1. The summed E-state index contributed by atoms with van der Waals surface area (Å²) >= 11 is 5.04. The van der Waals surface area contributed by atoms with Gasteiger partial charge in [0, 0.05) is 0 Å². The lowest BCUT2D eigenvalue weighted by Crippen LogP contribution is -2.22. The predicted molar refractivity (Wildman–Crippen MR) is 93.6 cm³/mol. The van der Waals surface area contributed by atoms with Crippen LogP contribution in [0.1, 0.15) is 16.7 Å². The predicted octanol–water partition coefficient (Wildman–Crippen LogP) is 5.31. The van der Waals surface area contributed by atoms with Crippen molar-refractivity contribution in [3.05, 3.63) is 107 Å². The first-order valence-electron chi connectivity index (χ1n) is 7.02. The third-order valence-electron chi connectivity index (χ3n) is 3.77. The molecule has 0 aliphatic rings. The number of benzene rings is 3. The zero-order valence-corrected chi connectivity index (χ0v) is 12.8. The largest absolute Gasteiger partial charge is 0.158 e. The highest BCUT2D eigenvalue weighted by molar-refractivity contribution is 7.81. The van der Waals surface area contributed by atoms with Crippen LogP contribution in [0.25, 0.3) is 0 Å². The van der Waals surface area contributed by atoms with E-state index in [1.165, 1.54) is 0 Å². The molecule has 3 aromatic rings. The molecule has 0 radical (unpaired) electrons. The molecule has 0 fully saturated rings. The maximum absolute atomic E-state index is 10.6. The van der Waals surface area contributed by atoms with Crippen LogP contribution >= 0.6 is 12.6 Å². The summed E-state index contributed by atoms with van der Waals surface area (Å²) in [5, 5.41) is 2.96. The molecule has 0 unspecified atom stereocenters. The van der Waals surface area contributed by atoms with E-state index in [-0.39, 0.29) is 0 Å². The molecule has 0 aliphatic carbocycles. The Hall–Kier alpha value is -2.39. The number of nitroso groups, excluding NO2 is 1. The van der Waals surface area contributed by atoms with Crippen molar-refractivity contribution in [2.24, 2.45) is 5.18 Å². The van der Waals surface area contributed by atoms with E-state index in [1.807, 2.05) is 48.5 Å². The van der Waals surface area contributed by atoms with Crippen LogP contribution < -0.4 is 0 Å². The van der Waals surface area contributed by atoms with Gasteiger partial charge in [0.05, 0.1) is 4.75 Å². The molecule has 22 heavy (non-hydrogen) atoms. The van der Waals surface area contributed by atoms with E-state index < -0.39 is 4.75 Å². The summed E-state index contributed by atoms with van der Waals surface area (Å²) in [7, 11) is 0. The van der Waals surface area contributed by atoms with Gasteiger partial charge in [0.25, 0.3) is 0 Å². The highest BCUT2D eigenvalue weighted by atomic mass is 32.1. The van der Waals surface area contributed by atoms with Crippen LogP contribution in [-0.2, 0) is 4.75 Å². The van der Waals surface area contributed by atoms with E-state index in [0.29, 0.717) is 5.69 Å². The van der Waals surface area contributed by atoms with Gasteiger partial charge in [0.1, 0.15) is 5.69 Å². The fraction of sp³-hybridized carbons (Fsp3) is 0.0526. The van der Waals surface area contributed by atoms with Crippen molar-refractivity contribution >= 4 is 18.3 Å². The summed E-state index contributed by atoms with van der Waals surface area (Å²) in [6.07, 6.45) is 0. The minimum atomic E-state index is -0.579. The molecule has 0 atom stereocenters. The Morgan fingerprint density at radius 2 is 1.05 bits per heavy atom. The maximum Gasteiger partial charge on any atom is 0.108 e. The third-order valence-corrected chi connectivity index (χ3v) is 4.55. The van der Waals surface area contributed by atoms with Gasteiger partial charge in [-0.3, -0.25) is 0 Å². The van der Waals surface area contributed by atoms with Crippen LogP contribution in [0, 0.1) is 4.91 Å². The van der Waals surface area contributed by atoms with Crippen LogP contribution in [0.4, 0.5) is 5.69 Å². The van der Waals surface area contributed by atoms with Crippen molar-refractivity contribution in [1.82, 2.24) is 0 Å². The highest BCUT2D eigenvalue weighted by Gasteiger charge is 2.32. The molecule has 0 saturated carbocycles. The molecule has 0 N–H and O–H groups in total. The van der Waals surface area contributed by atoms with Gasteiger partial charge in [-0.1, -0.05) is 72.8 Å². The summed E-state index contributed by atoms with van der Waals surface area (Å²) in [4.78, 5) is 10.6. The Morgan fingerprint density at radius 3 is 1.45 bits per heavy atom. The number of rotatable bonds is 4. The van der Waals surface area contributed by atoms with Crippen LogP contribution in [0.15, 0.2) is 90.1 Å². The first kappa shape index (κ1) is 14.5. The van der Waals surface area contributed by atoms with E-state index >= 15 is 0 Å². The Balaban J connectivity index is 2.20. The van der Waals surface area contributed by atoms with Crippen molar-refractivity contribution in [2.75, 3.05) is 0 Å². The van der Waals surface area contributed by atoms with Gasteiger partial charge in [-0.25, -0.2) is 0 Å². The Morgan fingerprint density at radius 1 is 0.636 bits per heavy atom. The SMILES string of the molecule is O=Nc1ccc(C(S)(c2ccccc2)c2ccccc2)cc1. The minimum absolute atomic E-state index is 0.417. The Kier molecular flexibility index (Phi) is 4.07. The number of nitrogens with zero attached hydrogens (tertiary/aromatic N) is 1. The Bertz CT molecular complexity index is 715.